The summed E-state index contributed by atoms with van der Waals surface area (Å²) < 4.78 is 11.2. The summed E-state index contributed by atoms with van der Waals surface area (Å²) in [5.74, 6) is -0.384. The van der Waals surface area contributed by atoms with Gasteiger partial charge in [0.2, 0.25) is 11.6 Å². The van der Waals surface area contributed by atoms with Gasteiger partial charge in [-0.25, -0.2) is 0 Å². The molecule has 0 radical (unpaired) electrons. The number of hydrogen-bond acceptors (Lipinski definition) is 3. The van der Waals surface area contributed by atoms with E-state index in [9.17, 15) is 9.90 Å². The summed E-state index contributed by atoms with van der Waals surface area (Å²) in [5.41, 5.74) is 0. The lowest BCUT2D eigenvalue weighted by atomic mass is 9.66. The molecule has 3 unspecified atom stereocenters. The molecule has 2 heterocycles. The molecule has 0 amide bonds. The SMILES string of the molecule is CC(C1CCCCC1)C1CC23OC2(CC1C(=O)O)O3. The minimum absolute atomic E-state index is 0.221. The van der Waals surface area contributed by atoms with Crippen LogP contribution in [0.4, 0.5) is 0 Å². The minimum atomic E-state index is -0.665. The van der Waals surface area contributed by atoms with Gasteiger partial charge in [-0.2, -0.15) is 0 Å². The van der Waals surface area contributed by atoms with Crippen LogP contribution in [0.1, 0.15) is 51.9 Å². The van der Waals surface area contributed by atoms with Crippen molar-refractivity contribution in [2.24, 2.45) is 23.7 Å². The molecule has 0 aromatic heterocycles. The molecule has 2 saturated heterocycles. The van der Waals surface area contributed by atoms with Gasteiger partial charge in [0.15, 0.2) is 0 Å². The van der Waals surface area contributed by atoms with Crippen LogP contribution in [0.3, 0.4) is 0 Å². The topological polar surface area (TPSA) is 62.4 Å². The van der Waals surface area contributed by atoms with Crippen LogP contribution >= 0.6 is 0 Å². The smallest absolute Gasteiger partial charge is 0.306 e. The average Bonchev–Trinajstić information content (AvgIpc) is 3.23. The molecule has 4 nitrogen and oxygen atoms in total. The van der Waals surface area contributed by atoms with E-state index in [0.29, 0.717) is 18.3 Å². The molecule has 2 saturated carbocycles. The van der Waals surface area contributed by atoms with E-state index in [4.69, 9.17) is 9.47 Å². The fourth-order valence-corrected chi connectivity index (χ4v) is 4.69. The molecule has 106 valence electrons. The zero-order valence-electron chi connectivity index (χ0n) is 11.4. The Morgan fingerprint density at radius 3 is 2.42 bits per heavy atom. The molecule has 0 aromatic rings. The minimum Gasteiger partial charge on any atom is -0.481 e. The highest BCUT2D eigenvalue weighted by Crippen LogP contribution is 2.76. The van der Waals surface area contributed by atoms with E-state index < -0.39 is 11.8 Å². The molecule has 0 spiro atoms. The Morgan fingerprint density at radius 1 is 1.16 bits per heavy atom. The van der Waals surface area contributed by atoms with Crippen LogP contribution < -0.4 is 0 Å². The summed E-state index contributed by atoms with van der Waals surface area (Å²) in [6.07, 6.45) is 7.85. The van der Waals surface area contributed by atoms with Gasteiger partial charge in [0.1, 0.15) is 0 Å². The molecule has 4 aliphatic rings. The quantitative estimate of drug-likeness (QED) is 0.798. The Hall–Kier alpha value is -0.610. The maximum atomic E-state index is 11.6. The zero-order chi connectivity index (χ0) is 13.3. The predicted octanol–water partition coefficient (Wildman–Crippen LogP) is 2.77. The van der Waals surface area contributed by atoms with Crippen molar-refractivity contribution in [2.45, 2.75) is 63.4 Å². The van der Waals surface area contributed by atoms with Gasteiger partial charge in [0, 0.05) is 12.8 Å². The fourth-order valence-electron chi connectivity index (χ4n) is 4.69. The average molecular weight is 266 g/mol. The van der Waals surface area contributed by atoms with Crippen LogP contribution in [0, 0.1) is 23.7 Å². The lowest BCUT2D eigenvalue weighted by Crippen LogP contribution is -2.37. The number of rotatable bonds is 3. The molecule has 4 heteroatoms. The third-order valence-corrected chi connectivity index (χ3v) is 6.05. The molecule has 19 heavy (non-hydrogen) atoms. The van der Waals surface area contributed by atoms with Crippen molar-refractivity contribution in [3.05, 3.63) is 0 Å². The largest absolute Gasteiger partial charge is 0.481 e. The lowest BCUT2D eigenvalue weighted by molar-refractivity contribution is -0.146. The number of epoxide rings is 2. The van der Waals surface area contributed by atoms with E-state index in [0.717, 1.165) is 6.42 Å². The number of carbonyl (C=O) groups is 1. The fraction of sp³-hybridized carbons (Fsp3) is 0.933. The molecule has 1 N–H and O–H groups in total. The monoisotopic (exact) mass is 266 g/mol. The Kier molecular flexibility index (Phi) is 2.39. The van der Waals surface area contributed by atoms with E-state index >= 15 is 0 Å². The number of aliphatic carboxylic acids is 1. The van der Waals surface area contributed by atoms with Crippen molar-refractivity contribution in [1.82, 2.24) is 0 Å². The Morgan fingerprint density at radius 2 is 1.79 bits per heavy atom. The standard InChI is InChI=1S/C15H22O4/c1-9(10-5-3-2-4-6-10)11-7-14-15(18-14,19-14)8-12(11)13(16)17/h9-12H,2-8H2,1H3,(H,16,17). The maximum absolute atomic E-state index is 11.6. The van der Waals surface area contributed by atoms with E-state index in [1.165, 1.54) is 32.1 Å². The maximum Gasteiger partial charge on any atom is 0.306 e. The Balaban J connectivity index is 1.52. The van der Waals surface area contributed by atoms with Crippen molar-refractivity contribution >= 4 is 5.97 Å². The van der Waals surface area contributed by atoms with Crippen LogP contribution in [0.25, 0.3) is 0 Å². The third kappa shape index (κ3) is 1.62. The molecular weight excluding hydrogens is 244 g/mol. The zero-order valence-corrected chi connectivity index (χ0v) is 11.4. The van der Waals surface area contributed by atoms with Crippen LogP contribution in [0.2, 0.25) is 0 Å². The van der Waals surface area contributed by atoms with Gasteiger partial charge in [-0.1, -0.05) is 39.0 Å². The number of ether oxygens (including phenoxy) is 2. The molecule has 2 aliphatic carbocycles. The second-order valence-corrected chi connectivity index (χ2v) is 6.98. The first-order valence-electron chi connectivity index (χ1n) is 7.70. The van der Waals surface area contributed by atoms with Crippen molar-refractivity contribution in [1.29, 1.82) is 0 Å². The van der Waals surface area contributed by atoms with Crippen LogP contribution in [0.5, 0.6) is 0 Å². The highest BCUT2D eigenvalue weighted by Gasteiger charge is 2.93. The van der Waals surface area contributed by atoms with Gasteiger partial charge in [0.25, 0.3) is 0 Å². The number of hydrogen-bond donors (Lipinski definition) is 1. The van der Waals surface area contributed by atoms with E-state index in [-0.39, 0.29) is 17.6 Å². The van der Waals surface area contributed by atoms with Crippen molar-refractivity contribution in [3.8, 4) is 0 Å². The summed E-state index contributed by atoms with van der Waals surface area (Å²) in [6.45, 7) is 2.25. The molecule has 4 fully saturated rings. The van der Waals surface area contributed by atoms with E-state index in [1.807, 2.05) is 0 Å². The van der Waals surface area contributed by atoms with Crippen molar-refractivity contribution < 1.29 is 19.4 Å². The number of carboxylic acids is 1. The first-order chi connectivity index (χ1) is 9.07. The molecule has 0 bridgehead atoms. The summed E-state index contributed by atoms with van der Waals surface area (Å²) in [5, 5.41) is 9.51. The molecule has 2 aliphatic heterocycles. The van der Waals surface area contributed by atoms with Crippen LogP contribution in [0.15, 0.2) is 0 Å². The highest BCUT2D eigenvalue weighted by atomic mass is 17.0. The summed E-state index contributed by atoms with van der Waals surface area (Å²) in [6, 6.07) is 0. The van der Waals surface area contributed by atoms with Gasteiger partial charge >= 0.3 is 5.97 Å². The summed E-state index contributed by atoms with van der Waals surface area (Å²) in [4.78, 5) is 11.6. The van der Waals surface area contributed by atoms with Gasteiger partial charge in [-0.3, -0.25) is 4.79 Å². The Labute approximate surface area is 113 Å². The normalized spacial score (nSPS) is 49.9. The Bertz CT molecular complexity index is 406. The van der Waals surface area contributed by atoms with E-state index in [1.54, 1.807) is 0 Å². The van der Waals surface area contributed by atoms with Gasteiger partial charge in [0.05, 0.1) is 5.92 Å². The second kappa shape index (κ2) is 3.73. The van der Waals surface area contributed by atoms with Crippen molar-refractivity contribution in [3.63, 3.8) is 0 Å². The van der Waals surface area contributed by atoms with Crippen LogP contribution in [-0.2, 0) is 14.3 Å². The lowest BCUT2D eigenvalue weighted by Gasteiger charge is -2.36. The van der Waals surface area contributed by atoms with Gasteiger partial charge < -0.3 is 14.6 Å². The molecule has 0 aromatic carbocycles. The molecular formula is C15H22O4. The first-order valence-corrected chi connectivity index (χ1v) is 7.70. The van der Waals surface area contributed by atoms with Crippen LogP contribution in [-0.4, -0.2) is 22.7 Å². The molecule has 4 rings (SSSR count). The summed E-state index contributed by atoms with van der Waals surface area (Å²) >= 11 is 0. The van der Waals surface area contributed by atoms with Gasteiger partial charge in [-0.15, -0.1) is 0 Å². The van der Waals surface area contributed by atoms with Crippen molar-refractivity contribution in [2.75, 3.05) is 0 Å². The predicted molar refractivity (Wildman–Crippen MR) is 67.2 cm³/mol. The second-order valence-electron chi connectivity index (χ2n) is 6.98. The molecule has 3 atom stereocenters. The van der Waals surface area contributed by atoms with Gasteiger partial charge in [-0.05, 0) is 17.8 Å². The number of carboxylic acid groups (broad SMARTS) is 1. The summed E-state index contributed by atoms with van der Waals surface area (Å²) in [7, 11) is 0. The third-order valence-electron chi connectivity index (χ3n) is 6.05. The highest BCUT2D eigenvalue weighted by molar-refractivity contribution is 5.71. The van der Waals surface area contributed by atoms with E-state index in [2.05, 4.69) is 6.92 Å². The first kappa shape index (κ1) is 12.2.